The number of hydrogen-bond donors (Lipinski definition) is 3. The highest BCUT2D eigenvalue weighted by Gasteiger charge is 2.21. The number of nitrogens with two attached hydrogens (primary N) is 1. The lowest BCUT2D eigenvalue weighted by Gasteiger charge is -2.17. The zero-order valence-electron chi connectivity index (χ0n) is 11.1. The molecule has 0 fully saturated rings. The molecule has 1 aromatic rings. The Hall–Kier alpha value is -0.630. The SMILES string of the molecule is Cc1c(N)cc(Br)cc1S(=O)(=O)NC(C)CC(C)O. The van der Waals surface area contributed by atoms with Gasteiger partial charge in [0.2, 0.25) is 10.0 Å². The minimum Gasteiger partial charge on any atom is -0.398 e. The van der Waals surface area contributed by atoms with Crippen LogP contribution in [0.4, 0.5) is 5.69 Å². The fourth-order valence-electron chi connectivity index (χ4n) is 1.84. The molecule has 2 unspecified atom stereocenters. The molecule has 19 heavy (non-hydrogen) atoms. The van der Waals surface area contributed by atoms with Crippen molar-refractivity contribution in [2.24, 2.45) is 0 Å². The Morgan fingerprint density at radius 2 is 2.00 bits per heavy atom. The van der Waals surface area contributed by atoms with Crippen LogP contribution in [0.3, 0.4) is 0 Å². The van der Waals surface area contributed by atoms with Crippen molar-refractivity contribution in [1.82, 2.24) is 4.72 Å². The van der Waals surface area contributed by atoms with E-state index in [4.69, 9.17) is 5.73 Å². The van der Waals surface area contributed by atoms with Gasteiger partial charge in [-0.2, -0.15) is 0 Å². The van der Waals surface area contributed by atoms with E-state index in [0.29, 0.717) is 22.1 Å². The quantitative estimate of drug-likeness (QED) is 0.705. The summed E-state index contributed by atoms with van der Waals surface area (Å²) in [6, 6.07) is 2.82. The van der Waals surface area contributed by atoms with Crippen LogP contribution in [0.15, 0.2) is 21.5 Å². The lowest BCUT2D eigenvalue weighted by Crippen LogP contribution is -2.35. The molecule has 4 N–H and O–H groups in total. The van der Waals surface area contributed by atoms with E-state index in [9.17, 15) is 13.5 Å². The average molecular weight is 351 g/mol. The molecule has 0 aliphatic heterocycles. The Balaban J connectivity index is 3.07. The van der Waals surface area contributed by atoms with E-state index in [0.717, 1.165) is 0 Å². The molecule has 0 aliphatic carbocycles. The minimum absolute atomic E-state index is 0.150. The van der Waals surface area contributed by atoms with Gasteiger partial charge in [0.1, 0.15) is 0 Å². The van der Waals surface area contributed by atoms with E-state index in [1.54, 1.807) is 26.8 Å². The standard InChI is InChI=1S/C12H19BrN2O3S/c1-7(4-8(2)16)15-19(17,18)12-6-10(13)5-11(14)9(12)3/h5-8,15-16H,4,14H2,1-3H3. The number of sulfonamides is 1. The number of nitrogens with one attached hydrogen (secondary N) is 1. The summed E-state index contributed by atoms with van der Waals surface area (Å²) in [5.74, 6) is 0. The van der Waals surface area contributed by atoms with Crippen molar-refractivity contribution in [3.05, 3.63) is 22.2 Å². The van der Waals surface area contributed by atoms with Crippen LogP contribution in [0.25, 0.3) is 0 Å². The van der Waals surface area contributed by atoms with Crippen LogP contribution in [0, 0.1) is 6.92 Å². The lowest BCUT2D eigenvalue weighted by molar-refractivity contribution is 0.175. The van der Waals surface area contributed by atoms with Crippen molar-refractivity contribution in [2.75, 3.05) is 5.73 Å². The number of anilines is 1. The van der Waals surface area contributed by atoms with Crippen molar-refractivity contribution in [1.29, 1.82) is 0 Å². The molecule has 0 radical (unpaired) electrons. The van der Waals surface area contributed by atoms with E-state index < -0.39 is 16.1 Å². The zero-order valence-corrected chi connectivity index (χ0v) is 13.5. The van der Waals surface area contributed by atoms with Gasteiger partial charge in [0.25, 0.3) is 0 Å². The highest BCUT2D eigenvalue weighted by Crippen LogP contribution is 2.26. The molecular weight excluding hydrogens is 332 g/mol. The fraction of sp³-hybridized carbons (Fsp3) is 0.500. The summed E-state index contributed by atoms with van der Waals surface area (Å²) in [5.41, 5.74) is 6.70. The highest BCUT2D eigenvalue weighted by molar-refractivity contribution is 9.10. The van der Waals surface area contributed by atoms with Gasteiger partial charge in [-0.15, -0.1) is 0 Å². The Labute approximate surface area is 122 Å². The number of rotatable bonds is 5. The number of aliphatic hydroxyl groups excluding tert-OH is 1. The van der Waals surface area contributed by atoms with Crippen LogP contribution >= 0.6 is 15.9 Å². The molecule has 7 heteroatoms. The second-order valence-corrected chi connectivity index (χ2v) is 7.32. The predicted molar refractivity (Wildman–Crippen MR) is 79.4 cm³/mol. The third kappa shape index (κ3) is 4.45. The van der Waals surface area contributed by atoms with Gasteiger partial charge in [0.05, 0.1) is 11.0 Å². The maximum absolute atomic E-state index is 12.3. The van der Waals surface area contributed by atoms with Gasteiger partial charge in [-0.05, 0) is 44.9 Å². The topological polar surface area (TPSA) is 92.4 Å². The maximum Gasteiger partial charge on any atom is 0.241 e. The van der Waals surface area contributed by atoms with Gasteiger partial charge in [-0.1, -0.05) is 15.9 Å². The van der Waals surface area contributed by atoms with Crippen molar-refractivity contribution in [3.63, 3.8) is 0 Å². The van der Waals surface area contributed by atoms with E-state index >= 15 is 0 Å². The Kier molecular flexibility index (Phi) is 5.37. The summed E-state index contributed by atoms with van der Waals surface area (Å²) in [6.07, 6.45) is -0.215. The van der Waals surface area contributed by atoms with Crippen LogP contribution in [0.1, 0.15) is 25.8 Å². The largest absolute Gasteiger partial charge is 0.398 e. The molecule has 0 bridgehead atoms. The molecule has 2 atom stereocenters. The summed E-state index contributed by atoms with van der Waals surface area (Å²) >= 11 is 3.23. The van der Waals surface area contributed by atoms with Gasteiger partial charge in [-0.3, -0.25) is 0 Å². The summed E-state index contributed by atoms with van der Waals surface area (Å²) in [6.45, 7) is 4.99. The molecular formula is C12H19BrN2O3S. The highest BCUT2D eigenvalue weighted by atomic mass is 79.9. The number of halogens is 1. The zero-order chi connectivity index (χ0) is 14.8. The molecule has 0 aliphatic rings. The molecule has 0 saturated heterocycles. The molecule has 0 aromatic heterocycles. The number of nitrogen functional groups attached to an aromatic ring is 1. The Bertz CT molecular complexity index is 558. The first-order valence-electron chi connectivity index (χ1n) is 5.89. The van der Waals surface area contributed by atoms with Crippen LogP contribution in [-0.4, -0.2) is 25.7 Å². The summed E-state index contributed by atoms with van der Waals surface area (Å²) in [4.78, 5) is 0.150. The first-order chi connectivity index (χ1) is 8.63. The molecule has 108 valence electrons. The number of aliphatic hydroxyl groups is 1. The normalized spacial score (nSPS) is 15.2. The van der Waals surface area contributed by atoms with Gasteiger partial charge in [0, 0.05) is 16.2 Å². The van der Waals surface area contributed by atoms with Crippen molar-refractivity contribution < 1.29 is 13.5 Å². The monoisotopic (exact) mass is 350 g/mol. The minimum atomic E-state index is -3.65. The summed E-state index contributed by atoms with van der Waals surface area (Å²) in [5, 5.41) is 9.27. The predicted octanol–water partition coefficient (Wildman–Crippen LogP) is 1.78. The third-order valence-electron chi connectivity index (χ3n) is 2.71. The van der Waals surface area contributed by atoms with Gasteiger partial charge >= 0.3 is 0 Å². The van der Waals surface area contributed by atoms with Gasteiger partial charge in [-0.25, -0.2) is 13.1 Å². The molecule has 0 amide bonds. The Morgan fingerprint density at radius 1 is 1.42 bits per heavy atom. The summed E-state index contributed by atoms with van der Waals surface area (Å²) in [7, 11) is -3.65. The van der Waals surface area contributed by atoms with E-state index in [2.05, 4.69) is 20.7 Å². The van der Waals surface area contributed by atoms with Crippen LogP contribution in [0.2, 0.25) is 0 Å². The Morgan fingerprint density at radius 3 is 2.53 bits per heavy atom. The molecule has 1 aromatic carbocycles. The van der Waals surface area contributed by atoms with Crippen LogP contribution in [-0.2, 0) is 10.0 Å². The third-order valence-corrected chi connectivity index (χ3v) is 4.88. The molecule has 0 saturated carbocycles. The lowest BCUT2D eigenvalue weighted by atomic mass is 10.2. The smallest absolute Gasteiger partial charge is 0.241 e. The van der Waals surface area contributed by atoms with Crippen LogP contribution < -0.4 is 10.5 Å². The first kappa shape index (κ1) is 16.4. The van der Waals surface area contributed by atoms with Crippen molar-refractivity contribution >= 4 is 31.6 Å². The fourth-order valence-corrected chi connectivity index (χ4v) is 4.02. The maximum atomic E-state index is 12.3. The van der Waals surface area contributed by atoms with E-state index in [1.807, 2.05) is 0 Å². The number of benzene rings is 1. The van der Waals surface area contributed by atoms with Crippen molar-refractivity contribution in [3.8, 4) is 0 Å². The molecule has 0 heterocycles. The average Bonchev–Trinajstić information content (AvgIpc) is 2.20. The van der Waals surface area contributed by atoms with E-state index in [-0.39, 0.29) is 10.9 Å². The van der Waals surface area contributed by atoms with Gasteiger partial charge < -0.3 is 10.8 Å². The summed E-state index contributed by atoms with van der Waals surface area (Å²) < 4.78 is 27.7. The van der Waals surface area contributed by atoms with E-state index in [1.165, 1.54) is 6.07 Å². The van der Waals surface area contributed by atoms with Crippen molar-refractivity contribution in [2.45, 2.75) is 44.2 Å². The molecule has 1 rings (SSSR count). The number of hydrogen-bond acceptors (Lipinski definition) is 4. The van der Waals surface area contributed by atoms with Crippen LogP contribution in [0.5, 0.6) is 0 Å². The van der Waals surface area contributed by atoms with Gasteiger partial charge in [0.15, 0.2) is 0 Å². The second kappa shape index (κ2) is 6.21. The second-order valence-electron chi connectivity index (χ2n) is 4.73. The molecule has 0 spiro atoms. The molecule has 5 nitrogen and oxygen atoms in total. The first-order valence-corrected chi connectivity index (χ1v) is 8.17.